The first-order chi connectivity index (χ1) is 9.05. The summed E-state index contributed by atoms with van der Waals surface area (Å²) in [6.45, 7) is 4.02. The van der Waals surface area contributed by atoms with Crippen LogP contribution in [0.15, 0.2) is 18.2 Å². The molecule has 2 aromatic heterocycles. The van der Waals surface area contributed by atoms with E-state index in [9.17, 15) is 4.79 Å². The van der Waals surface area contributed by atoms with Crippen molar-refractivity contribution in [3.63, 3.8) is 0 Å². The average molecular weight is 280 g/mol. The van der Waals surface area contributed by atoms with Crippen molar-refractivity contribution in [2.45, 2.75) is 26.7 Å². The molecule has 1 N–H and O–H groups in total. The molecule has 100 valence electrons. The minimum atomic E-state index is -1.04. The first kappa shape index (κ1) is 13.5. The van der Waals surface area contributed by atoms with E-state index in [1.54, 1.807) is 4.68 Å². The fourth-order valence-corrected chi connectivity index (χ4v) is 2.02. The third kappa shape index (κ3) is 2.76. The van der Waals surface area contributed by atoms with Crippen LogP contribution in [0.4, 0.5) is 0 Å². The molecule has 0 aliphatic rings. The van der Waals surface area contributed by atoms with Gasteiger partial charge in [-0.15, -0.1) is 0 Å². The lowest BCUT2D eigenvalue weighted by Gasteiger charge is -2.06. The largest absolute Gasteiger partial charge is 0.478 e. The van der Waals surface area contributed by atoms with Gasteiger partial charge in [-0.05, 0) is 31.0 Å². The van der Waals surface area contributed by atoms with Crippen LogP contribution in [0, 0.1) is 0 Å². The van der Waals surface area contributed by atoms with E-state index < -0.39 is 5.97 Å². The molecule has 0 bridgehead atoms. The van der Waals surface area contributed by atoms with E-state index in [2.05, 4.69) is 10.1 Å². The second-order valence-electron chi connectivity index (χ2n) is 4.09. The number of aryl methyl sites for hydroxylation is 2. The summed E-state index contributed by atoms with van der Waals surface area (Å²) in [6.07, 6.45) is 1.59. The highest BCUT2D eigenvalue weighted by molar-refractivity contribution is 6.29. The number of nitrogens with zero attached hydrogens (tertiary/aromatic N) is 3. The van der Waals surface area contributed by atoms with E-state index in [-0.39, 0.29) is 10.7 Å². The van der Waals surface area contributed by atoms with Gasteiger partial charge < -0.3 is 5.11 Å². The Morgan fingerprint density at radius 2 is 2.05 bits per heavy atom. The smallest absolute Gasteiger partial charge is 0.335 e. The fourth-order valence-electron chi connectivity index (χ4n) is 1.81. The molecular weight excluding hydrogens is 266 g/mol. The van der Waals surface area contributed by atoms with E-state index >= 15 is 0 Å². The summed E-state index contributed by atoms with van der Waals surface area (Å²) in [4.78, 5) is 15.2. The van der Waals surface area contributed by atoms with Gasteiger partial charge in [-0.1, -0.05) is 25.4 Å². The molecule has 2 rings (SSSR count). The minimum Gasteiger partial charge on any atom is -0.478 e. The number of aromatic carboxylic acids is 1. The number of rotatable bonds is 4. The lowest BCUT2D eigenvalue weighted by molar-refractivity contribution is 0.0696. The Morgan fingerprint density at radius 3 is 2.63 bits per heavy atom. The van der Waals surface area contributed by atoms with Crippen molar-refractivity contribution in [1.29, 1.82) is 0 Å². The number of carbonyl (C=O) groups is 1. The van der Waals surface area contributed by atoms with Crippen LogP contribution in [-0.4, -0.2) is 25.8 Å². The van der Waals surface area contributed by atoms with Gasteiger partial charge in [0.2, 0.25) is 0 Å². The van der Waals surface area contributed by atoms with Crippen molar-refractivity contribution in [3.8, 4) is 5.82 Å². The average Bonchev–Trinajstić information content (AvgIpc) is 2.81. The van der Waals surface area contributed by atoms with Gasteiger partial charge in [0, 0.05) is 5.69 Å². The molecule has 19 heavy (non-hydrogen) atoms. The van der Waals surface area contributed by atoms with Crippen LogP contribution in [0.5, 0.6) is 0 Å². The zero-order chi connectivity index (χ0) is 14.0. The Labute approximate surface area is 115 Å². The first-order valence-corrected chi connectivity index (χ1v) is 6.42. The van der Waals surface area contributed by atoms with Crippen molar-refractivity contribution in [1.82, 2.24) is 14.8 Å². The van der Waals surface area contributed by atoms with E-state index in [1.165, 1.54) is 12.1 Å². The number of halogens is 1. The van der Waals surface area contributed by atoms with Crippen LogP contribution < -0.4 is 0 Å². The van der Waals surface area contributed by atoms with Gasteiger partial charge >= 0.3 is 5.97 Å². The normalized spacial score (nSPS) is 10.7. The van der Waals surface area contributed by atoms with Gasteiger partial charge in [-0.3, -0.25) is 0 Å². The molecule has 0 unspecified atom stereocenters. The molecule has 0 atom stereocenters. The number of pyridine rings is 1. The zero-order valence-corrected chi connectivity index (χ0v) is 11.5. The second kappa shape index (κ2) is 5.40. The molecular formula is C13H14ClN3O2. The molecule has 2 aromatic rings. The molecule has 0 spiro atoms. The quantitative estimate of drug-likeness (QED) is 0.874. The first-order valence-electron chi connectivity index (χ1n) is 6.04. The summed E-state index contributed by atoms with van der Waals surface area (Å²) in [5, 5.41) is 13.6. The highest BCUT2D eigenvalue weighted by atomic mass is 35.5. The highest BCUT2D eigenvalue weighted by Gasteiger charge is 2.13. The standard InChI is InChI=1S/C13H14ClN3O2/c1-3-9-7-10(4-2)17(16-9)12-6-8(13(18)19)5-11(14)15-12/h5-7H,3-4H2,1-2H3,(H,18,19). The molecule has 0 aliphatic heterocycles. The predicted octanol–water partition coefficient (Wildman–Crippen LogP) is 2.74. The van der Waals surface area contributed by atoms with Crippen molar-refractivity contribution in [2.75, 3.05) is 0 Å². The van der Waals surface area contributed by atoms with Crippen molar-refractivity contribution in [2.24, 2.45) is 0 Å². The van der Waals surface area contributed by atoms with Crippen molar-refractivity contribution < 1.29 is 9.90 Å². The van der Waals surface area contributed by atoms with E-state index in [1.807, 2.05) is 19.9 Å². The Bertz CT molecular complexity index is 622. The summed E-state index contributed by atoms with van der Waals surface area (Å²) in [5.41, 5.74) is 2.02. The van der Waals surface area contributed by atoms with Gasteiger partial charge in [-0.2, -0.15) is 5.10 Å². The van der Waals surface area contributed by atoms with Gasteiger partial charge in [0.1, 0.15) is 5.15 Å². The maximum atomic E-state index is 11.0. The predicted molar refractivity (Wildman–Crippen MR) is 72.1 cm³/mol. The van der Waals surface area contributed by atoms with Crippen LogP contribution in [0.2, 0.25) is 5.15 Å². The van der Waals surface area contributed by atoms with Crippen LogP contribution in [0.25, 0.3) is 5.82 Å². The Morgan fingerprint density at radius 1 is 1.32 bits per heavy atom. The monoisotopic (exact) mass is 279 g/mol. The molecule has 0 saturated heterocycles. The van der Waals surface area contributed by atoms with Crippen molar-refractivity contribution >= 4 is 17.6 Å². The number of carboxylic acids is 1. The maximum absolute atomic E-state index is 11.0. The minimum absolute atomic E-state index is 0.102. The van der Waals surface area contributed by atoms with Crippen molar-refractivity contribution in [3.05, 3.63) is 40.3 Å². The summed E-state index contributed by atoms with van der Waals surface area (Å²) in [5.74, 6) is -0.604. The number of carboxylic acid groups (broad SMARTS) is 1. The Balaban J connectivity index is 2.57. The summed E-state index contributed by atoms with van der Waals surface area (Å²) < 4.78 is 1.65. The van der Waals surface area contributed by atoms with Gasteiger partial charge in [0.25, 0.3) is 0 Å². The summed E-state index contributed by atoms with van der Waals surface area (Å²) in [7, 11) is 0. The van der Waals surface area contributed by atoms with Gasteiger partial charge in [-0.25, -0.2) is 14.5 Å². The highest BCUT2D eigenvalue weighted by Crippen LogP contribution is 2.17. The van der Waals surface area contributed by atoms with Crippen LogP contribution in [-0.2, 0) is 12.8 Å². The summed E-state index contributed by atoms with van der Waals surface area (Å²) in [6, 6.07) is 4.78. The zero-order valence-electron chi connectivity index (χ0n) is 10.7. The lowest BCUT2D eigenvalue weighted by Crippen LogP contribution is -2.07. The van der Waals surface area contributed by atoms with Gasteiger partial charge in [0.05, 0.1) is 11.3 Å². The molecule has 6 heteroatoms. The topological polar surface area (TPSA) is 68.0 Å². The molecule has 0 aliphatic carbocycles. The molecule has 0 saturated carbocycles. The second-order valence-corrected chi connectivity index (χ2v) is 4.48. The fraction of sp³-hybridized carbons (Fsp3) is 0.308. The van der Waals surface area contributed by atoms with Crippen LogP contribution in [0.1, 0.15) is 35.6 Å². The molecule has 0 radical (unpaired) electrons. The summed E-state index contributed by atoms with van der Waals surface area (Å²) >= 11 is 5.86. The number of hydrogen-bond acceptors (Lipinski definition) is 3. The Kier molecular flexibility index (Phi) is 3.85. The number of aromatic nitrogens is 3. The third-order valence-corrected chi connectivity index (χ3v) is 3.00. The molecule has 5 nitrogen and oxygen atoms in total. The third-order valence-electron chi connectivity index (χ3n) is 2.80. The van der Waals surface area contributed by atoms with Crippen LogP contribution >= 0.6 is 11.6 Å². The molecule has 0 aromatic carbocycles. The van der Waals surface area contributed by atoms with Gasteiger partial charge in [0.15, 0.2) is 5.82 Å². The van der Waals surface area contributed by atoms with E-state index in [0.717, 1.165) is 24.2 Å². The SMILES string of the molecule is CCc1cc(CC)n(-c2cc(C(=O)O)cc(Cl)n2)n1. The molecule has 0 fully saturated rings. The lowest BCUT2D eigenvalue weighted by atomic mass is 10.2. The van der Waals surface area contributed by atoms with E-state index in [4.69, 9.17) is 16.7 Å². The molecule has 0 amide bonds. The maximum Gasteiger partial charge on any atom is 0.335 e. The molecule has 2 heterocycles. The van der Waals surface area contributed by atoms with E-state index in [0.29, 0.717) is 5.82 Å². The Hall–Kier alpha value is -1.88. The van der Waals surface area contributed by atoms with Crippen LogP contribution in [0.3, 0.4) is 0 Å². The number of hydrogen-bond donors (Lipinski definition) is 1.